The molecule has 1 N–H and O–H groups in total. The van der Waals surface area contributed by atoms with Crippen molar-refractivity contribution in [2.45, 2.75) is 58.9 Å². The molecule has 0 saturated carbocycles. The number of carbonyl (C=O) groups is 1. The van der Waals surface area contributed by atoms with Crippen molar-refractivity contribution in [3.63, 3.8) is 0 Å². The van der Waals surface area contributed by atoms with Gasteiger partial charge in [-0.1, -0.05) is 20.8 Å². The highest BCUT2D eigenvalue weighted by Crippen LogP contribution is 2.14. The quantitative estimate of drug-likeness (QED) is 0.846. The predicted octanol–water partition coefficient (Wildman–Crippen LogP) is 2.66. The number of amides is 1. The Kier molecular flexibility index (Phi) is 8.07. The molecule has 1 rings (SSSR count). The van der Waals surface area contributed by atoms with E-state index >= 15 is 0 Å². The molecule has 0 aromatic heterocycles. The van der Waals surface area contributed by atoms with Crippen molar-refractivity contribution in [2.75, 3.05) is 19.6 Å². The molecule has 0 aromatic carbocycles. The number of carbonyl (C=O) groups excluding carboxylic acids is 1. The van der Waals surface area contributed by atoms with Crippen LogP contribution >= 0.6 is 0 Å². The maximum atomic E-state index is 12.6. The second-order valence-corrected chi connectivity index (χ2v) is 4.46. The number of piperidine rings is 1. The molecule has 0 bridgehead atoms. The third kappa shape index (κ3) is 6.89. The molecule has 1 fully saturated rings. The number of halogens is 2. The minimum atomic E-state index is -2.66. The first-order valence-corrected chi connectivity index (χ1v) is 6.81. The Bertz CT molecular complexity index is 234. The van der Waals surface area contributed by atoms with Gasteiger partial charge in [0.2, 0.25) is 5.91 Å². The number of hydrogen-bond donors (Lipinski definition) is 1. The lowest BCUT2D eigenvalue weighted by Gasteiger charge is -2.32. The zero-order chi connectivity index (χ0) is 14.2. The van der Waals surface area contributed by atoms with Crippen LogP contribution < -0.4 is 5.32 Å². The molecular formula is C13H26F2N2O. The second-order valence-electron chi connectivity index (χ2n) is 4.46. The lowest BCUT2D eigenvalue weighted by molar-refractivity contribution is -0.132. The van der Waals surface area contributed by atoms with Gasteiger partial charge in [-0.05, 0) is 12.8 Å². The van der Waals surface area contributed by atoms with E-state index in [2.05, 4.69) is 5.32 Å². The van der Waals surface area contributed by atoms with Gasteiger partial charge in [0.15, 0.2) is 0 Å². The lowest BCUT2D eigenvalue weighted by atomic mass is 10.0. The topological polar surface area (TPSA) is 32.3 Å². The van der Waals surface area contributed by atoms with Crippen LogP contribution in [0.5, 0.6) is 0 Å². The van der Waals surface area contributed by atoms with Crippen molar-refractivity contribution >= 4 is 5.91 Å². The van der Waals surface area contributed by atoms with Crippen molar-refractivity contribution in [1.82, 2.24) is 10.2 Å². The van der Waals surface area contributed by atoms with Gasteiger partial charge in [-0.3, -0.25) is 4.79 Å². The van der Waals surface area contributed by atoms with Gasteiger partial charge in [0.05, 0.1) is 6.54 Å². The van der Waals surface area contributed by atoms with Crippen LogP contribution in [-0.2, 0) is 4.79 Å². The van der Waals surface area contributed by atoms with Crippen LogP contribution in [-0.4, -0.2) is 42.4 Å². The molecule has 1 aliphatic rings. The number of likely N-dealkylation sites (tertiary alicyclic amines) is 1. The number of hydrogen-bond acceptors (Lipinski definition) is 2. The molecule has 0 aliphatic carbocycles. The SMILES string of the molecule is CC.CCC(=O)N1CCC(NCC(C)(F)F)CC1. The van der Waals surface area contributed by atoms with Gasteiger partial charge in [-0.2, -0.15) is 0 Å². The highest BCUT2D eigenvalue weighted by atomic mass is 19.3. The second kappa shape index (κ2) is 8.40. The van der Waals surface area contributed by atoms with Gasteiger partial charge in [-0.15, -0.1) is 0 Å². The zero-order valence-electron chi connectivity index (χ0n) is 11.9. The average Bonchev–Trinajstić information content (AvgIpc) is 2.37. The molecule has 1 heterocycles. The fourth-order valence-electron chi connectivity index (χ4n) is 1.88. The lowest BCUT2D eigenvalue weighted by Crippen LogP contribution is -2.47. The van der Waals surface area contributed by atoms with E-state index in [9.17, 15) is 13.6 Å². The standard InChI is InChI=1S/C11H20F2N2O.C2H6/c1-3-10(16)15-6-4-9(5-7-15)14-8-11(2,12)13;1-2/h9,14H,3-8H2,1-2H3;1-2H3. The fraction of sp³-hybridized carbons (Fsp3) is 0.923. The summed E-state index contributed by atoms with van der Waals surface area (Å²) in [5, 5.41) is 2.85. The van der Waals surface area contributed by atoms with E-state index in [0.717, 1.165) is 19.8 Å². The number of rotatable bonds is 4. The van der Waals surface area contributed by atoms with Crippen molar-refractivity contribution in [2.24, 2.45) is 0 Å². The highest BCUT2D eigenvalue weighted by molar-refractivity contribution is 5.75. The Morgan fingerprint density at radius 3 is 2.22 bits per heavy atom. The van der Waals surface area contributed by atoms with Crippen LogP contribution in [0.1, 0.15) is 47.0 Å². The third-order valence-electron chi connectivity index (χ3n) is 2.85. The largest absolute Gasteiger partial charge is 0.343 e. The maximum absolute atomic E-state index is 12.6. The minimum Gasteiger partial charge on any atom is -0.343 e. The van der Waals surface area contributed by atoms with E-state index in [4.69, 9.17) is 0 Å². The Balaban J connectivity index is 0.00000137. The Hall–Kier alpha value is -0.710. The van der Waals surface area contributed by atoms with E-state index in [-0.39, 0.29) is 18.5 Å². The summed E-state index contributed by atoms with van der Waals surface area (Å²) >= 11 is 0. The summed E-state index contributed by atoms with van der Waals surface area (Å²) in [5.41, 5.74) is 0. The van der Waals surface area contributed by atoms with Gasteiger partial charge < -0.3 is 10.2 Å². The predicted molar refractivity (Wildman–Crippen MR) is 69.9 cm³/mol. The summed E-state index contributed by atoms with van der Waals surface area (Å²) < 4.78 is 25.2. The smallest absolute Gasteiger partial charge is 0.257 e. The van der Waals surface area contributed by atoms with Gasteiger partial charge in [-0.25, -0.2) is 8.78 Å². The molecule has 0 atom stereocenters. The summed E-state index contributed by atoms with van der Waals surface area (Å²) in [6.45, 7) is 7.83. The van der Waals surface area contributed by atoms with Gasteiger partial charge in [0.1, 0.15) is 0 Å². The van der Waals surface area contributed by atoms with E-state index < -0.39 is 5.92 Å². The fourth-order valence-corrected chi connectivity index (χ4v) is 1.88. The van der Waals surface area contributed by atoms with Crippen LogP contribution in [0.3, 0.4) is 0 Å². The van der Waals surface area contributed by atoms with E-state index in [1.54, 1.807) is 0 Å². The summed E-state index contributed by atoms with van der Waals surface area (Å²) in [6.07, 6.45) is 2.05. The normalized spacial score (nSPS) is 17.1. The molecule has 3 nitrogen and oxygen atoms in total. The first kappa shape index (κ1) is 17.3. The third-order valence-corrected chi connectivity index (χ3v) is 2.85. The molecule has 5 heteroatoms. The van der Waals surface area contributed by atoms with Crippen molar-refractivity contribution in [3.8, 4) is 0 Å². The van der Waals surface area contributed by atoms with Crippen LogP contribution in [0, 0.1) is 0 Å². The van der Waals surface area contributed by atoms with Crippen molar-refractivity contribution in [1.29, 1.82) is 0 Å². The zero-order valence-corrected chi connectivity index (χ0v) is 11.9. The van der Waals surface area contributed by atoms with E-state index in [0.29, 0.717) is 19.5 Å². The van der Waals surface area contributed by atoms with Gasteiger partial charge in [0.25, 0.3) is 5.92 Å². The molecule has 1 amide bonds. The first-order valence-electron chi connectivity index (χ1n) is 6.81. The van der Waals surface area contributed by atoms with E-state index in [1.165, 1.54) is 0 Å². The monoisotopic (exact) mass is 264 g/mol. The number of nitrogens with zero attached hydrogens (tertiary/aromatic N) is 1. The van der Waals surface area contributed by atoms with Gasteiger partial charge in [0, 0.05) is 32.5 Å². The highest BCUT2D eigenvalue weighted by Gasteiger charge is 2.25. The molecule has 18 heavy (non-hydrogen) atoms. The Labute approximate surface area is 109 Å². The maximum Gasteiger partial charge on any atom is 0.257 e. The number of nitrogens with one attached hydrogen (secondary N) is 1. The van der Waals surface area contributed by atoms with Crippen LogP contribution in [0.25, 0.3) is 0 Å². The van der Waals surface area contributed by atoms with Crippen molar-refractivity contribution < 1.29 is 13.6 Å². The molecular weight excluding hydrogens is 238 g/mol. The molecule has 1 saturated heterocycles. The summed E-state index contributed by atoms with van der Waals surface area (Å²) in [6, 6.07) is 0.117. The Morgan fingerprint density at radius 1 is 1.33 bits per heavy atom. The van der Waals surface area contributed by atoms with Crippen LogP contribution in [0.2, 0.25) is 0 Å². The first-order chi connectivity index (χ1) is 8.42. The molecule has 1 aliphatic heterocycles. The van der Waals surface area contributed by atoms with E-state index in [1.807, 2.05) is 25.7 Å². The number of alkyl halides is 2. The average molecular weight is 264 g/mol. The molecule has 0 aromatic rings. The Morgan fingerprint density at radius 2 is 1.83 bits per heavy atom. The molecule has 0 spiro atoms. The minimum absolute atomic E-state index is 0.117. The summed E-state index contributed by atoms with van der Waals surface area (Å²) in [4.78, 5) is 13.2. The van der Waals surface area contributed by atoms with Crippen LogP contribution in [0.4, 0.5) is 8.78 Å². The molecule has 0 unspecified atom stereocenters. The molecule has 0 radical (unpaired) electrons. The summed E-state index contributed by atoms with van der Waals surface area (Å²) in [7, 11) is 0. The van der Waals surface area contributed by atoms with Gasteiger partial charge >= 0.3 is 0 Å². The molecule has 108 valence electrons. The van der Waals surface area contributed by atoms with Crippen LogP contribution in [0.15, 0.2) is 0 Å². The van der Waals surface area contributed by atoms with Crippen molar-refractivity contribution in [3.05, 3.63) is 0 Å². The summed E-state index contributed by atoms with van der Waals surface area (Å²) in [5.74, 6) is -2.50.